The molecule has 70 valence electrons. The quantitative estimate of drug-likeness (QED) is 0.773. The maximum atomic E-state index is 4.37. The van der Waals surface area contributed by atoms with Crippen molar-refractivity contribution in [1.29, 1.82) is 0 Å². The monoisotopic (exact) mass is 240 g/mol. The fraction of sp³-hybridized carbons (Fsp3) is 0. The molecule has 0 atom stereocenters. The fourth-order valence-electron chi connectivity index (χ4n) is 1.11. The zero-order valence-electron chi connectivity index (χ0n) is 6.80. The first-order valence-electron chi connectivity index (χ1n) is 3.80. The van der Waals surface area contributed by atoms with Crippen LogP contribution in [-0.4, -0.2) is 19.9 Å². The predicted molar refractivity (Wildman–Crippen MR) is 62.4 cm³/mol. The lowest BCUT2D eigenvalue weighted by Crippen LogP contribution is -1.78. The Morgan fingerprint density at radius 3 is 3.14 bits per heavy atom. The lowest BCUT2D eigenvalue weighted by Gasteiger charge is -1.90. The second kappa shape index (κ2) is 3.48. The highest BCUT2D eigenvalue weighted by atomic mass is 33.5. The Labute approximate surface area is 91.2 Å². The van der Waals surface area contributed by atoms with Gasteiger partial charge in [-0.05, 0) is 20.6 Å². The molecule has 2 aromatic rings. The summed E-state index contributed by atoms with van der Waals surface area (Å²) in [5.74, 6) is 0.878. The molecule has 3 rings (SSSR count). The third-order valence-corrected chi connectivity index (χ3v) is 5.42. The maximum Gasteiger partial charge on any atom is 0.181 e. The molecule has 7 heteroatoms. The van der Waals surface area contributed by atoms with Gasteiger partial charge in [-0.1, -0.05) is 10.8 Å². The molecule has 0 amide bonds. The summed E-state index contributed by atoms with van der Waals surface area (Å²) < 4.78 is 0. The van der Waals surface area contributed by atoms with E-state index < -0.39 is 0 Å². The van der Waals surface area contributed by atoms with Crippen molar-refractivity contribution in [3.8, 4) is 0 Å². The minimum Gasteiger partial charge on any atom is -0.335 e. The number of aromatic nitrogens is 4. The van der Waals surface area contributed by atoms with Gasteiger partial charge in [-0.2, -0.15) is 0 Å². The van der Waals surface area contributed by atoms with Crippen LogP contribution in [0.1, 0.15) is 5.82 Å². The summed E-state index contributed by atoms with van der Waals surface area (Å²) in [5.41, 5.74) is 1.60. The van der Waals surface area contributed by atoms with E-state index in [0.29, 0.717) is 0 Å². The third kappa shape index (κ3) is 1.41. The van der Waals surface area contributed by atoms with E-state index in [4.69, 9.17) is 0 Å². The van der Waals surface area contributed by atoms with Crippen LogP contribution in [0.4, 0.5) is 0 Å². The Balaban J connectivity index is 2.14. The number of imidazole rings is 1. The minimum atomic E-state index is 0.721. The summed E-state index contributed by atoms with van der Waals surface area (Å²) in [5, 5.41) is 2.08. The molecule has 3 heterocycles. The van der Waals surface area contributed by atoms with Crippen molar-refractivity contribution in [2.24, 2.45) is 0 Å². The number of nitrogens with zero attached hydrogens (tertiary/aromatic N) is 3. The molecule has 0 saturated carbocycles. The summed E-state index contributed by atoms with van der Waals surface area (Å²) in [4.78, 5) is 16.7. The fourth-order valence-corrected chi connectivity index (χ4v) is 4.83. The normalized spacial score (nSPS) is 16.1. The molecule has 1 aliphatic heterocycles. The summed E-state index contributed by atoms with van der Waals surface area (Å²) in [7, 11) is 5.15. The van der Waals surface area contributed by atoms with Crippen molar-refractivity contribution >= 4 is 47.5 Å². The number of fused-ring (bicyclic) bond motifs is 1. The van der Waals surface area contributed by atoms with Crippen LogP contribution in [0, 0.1) is 0 Å². The number of H-pyrrole nitrogens is 1. The molecular formula is C7H4N4S3. The minimum absolute atomic E-state index is 0.721. The van der Waals surface area contributed by atoms with Crippen molar-refractivity contribution in [3.05, 3.63) is 23.8 Å². The van der Waals surface area contributed by atoms with Gasteiger partial charge in [0.25, 0.3) is 0 Å². The van der Waals surface area contributed by atoms with Crippen LogP contribution < -0.4 is 0 Å². The first-order valence-corrected chi connectivity index (χ1v) is 7.34. The Morgan fingerprint density at radius 2 is 2.36 bits per heavy atom. The van der Waals surface area contributed by atoms with E-state index in [1.165, 1.54) is 6.33 Å². The van der Waals surface area contributed by atoms with Crippen LogP contribution in [0.5, 0.6) is 0 Å². The predicted octanol–water partition coefficient (Wildman–Crippen LogP) is 2.69. The number of aromatic amines is 1. The van der Waals surface area contributed by atoms with E-state index in [1.54, 1.807) is 37.6 Å². The van der Waals surface area contributed by atoms with E-state index in [2.05, 4.69) is 25.3 Å². The first-order chi connectivity index (χ1) is 6.93. The van der Waals surface area contributed by atoms with E-state index in [0.717, 1.165) is 21.9 Å². The average molecular weight is 240 g/mol. The van der Waals surface area contributed by atoms with Crippen LogP contribution in [0.25, 0.3) is 16.1 Å². The highest BCUT2D eigenvalue weighted by Gasteiger charge is 2.13. The van der Waals surface area contributed by atoms with Crippen LogP contribution in [-0.2, 0) is 0 Å². The SMILES string of the molecule is C1=C(c2nc3ncncc3[nH]2)SSS1. The Kier molecular flexibility index (Phi) is 2.15. The van der Waals surface area contributed by atoms with Gasteiger partial charge in [0.05, 0.1) is 11.1 Å². The number of rotatable bonds is 1. The van der Waals surface area contributed by atoms with E-state index >= 15 is 0 Å². The molecule has 0 aromatic carbocycles. The molecule has 0 spiro atoms. The van der Waals surface area contributed by atoms with Crippen LogP contribution in [0.2, 0.25) is 0 Å². The number of hydrogen-bond donors (Lipinski definition) is 1. The summed E-state index contributed by atoms with van der Waals surface area (Å²) in [6.07, 6.45) is 3.24. The van der Waals surface area contributed by atoms with Gasteiger partial charge in [-0.3, -0.25) is 0 Å². The van der Waals surface area contributed by atoms with Crippen molar-refractivity contribution in [1.82, 2.24) is 19.9 Å². The lowest BCUT2D eigenvalue weighted by atomic mass is 10.6. The molecule has 0 radical (unpaired) electrons. The number of hydrogen-bond acceptors (Lipinski definition) is 6. The topological polar surface area (TPSA) is 54.5 Å². The van der Waals surface area contributed by atoms with Crippen molar-refractivity contribution in [3.63, 3.8) is 0 Å². The second-order valence-corrected chi connectivity index (χ2v) is 6.46. The van der Waals surface area contributed by atoms with Gasteiger partial charge in [0.1, 0.15) is 17.7 Å². The molecule has 1 aliphatic rings. The molecule has 0 aliphatic carbocycles. The second-order valence-electron chi connectivity index (χ2n) is 2.58. The van der Waals surface area contributed by atoms with Gasteiger partial charge in [0.15, 0.2) is 5.65 Å². The standard InChI is InChI=1S/C7H4N4S3/c1-4-6(9-3-8-1)11-7(10-4)5-2-12-14-13-5/h1-3H,(H,8,9,10,11). The van der Waals surface area contributed by atoms with Gasteiger partial charge >= 0.3 is 0 Å². The summed E-state index contributed by atoms with van der Waals surface area (Å²) >= 11 is 0. The first kappa shape index (κ1) is 8.63. The van der Waals surface area contributed by atoms with Gasteiger partial charge in [0, 0.05) is 5.41 Å². The molecule has 0 bridgehead atoms. The van der Waals surface area contributed by atoms with Crippen LogP contribution >= 0.6 is 31.4 Å². The molecule has 1 N–H and O–H groups in total. The highest BCUT2D eigenvalue weighted by Crippen LogP contribution is 2.52. The smallest absolute Gasteiger partial charge is 0.181 e. The number of nitrogens with one attached hydrogen (secondary N) is 1. The Morgan fingerprint density at radius 1 is 1.36 bits per heavy atom. The molecular weight excluding hydrogens is 236 g/mol. The lowest BCUT2D eigenvalue weighted by molar-refractivity contribution is 1.20. The molecule has 4 nitrogen and oxygen atoms in total. The van der Waals surface area contributed by atoms with Crippen LogP contribution in [0.15, 0.2) is 17.9 Å². The van der Waals surface area contributed by atoms with Crippen molar-refractivity contribution < 1.29 is 0 Å². The zero-order valence-corrected chi connectivity index (χ0v) is 9.25. The highest BCUT2D eigenvalue weighted by molar-refractivity contribution is 9.13. The molecule has 14 heavy (non-hydrogen) atoms. The molecule has 2 aromatic heterocycles. The Hall–Kier alpha value is -0.660. The van der Waals surface area contributed by atoms with Gasteiger partial charge in [0.2, 0.25) is 0 Å². The zero-order chi connectivity index (χ0) is 9.38. The summed E-state index contributed by atoms with van der Waals surface area (Å²) in [6, 6.07) is 0. The molecule has 0 unspecified atom stereocenters. The average Bonchev–Trinajstić information content (AvgIpc) is 2.86. The van der Waals surface area contributed by atoms with Crippen LogP contribution in [0.3, 0.4) is 0 Å². The molecule has 0 saturated heterocycles. The third-order valence-electron chi connectivity index (χ3n) is 1.71. The van der Waals surface area contributed by atoms with Gasteiger partial charge in [-0.25, -0.2) is 15.0 Å². The van der Waals surface area contributed by atoms with Gasteiger partial charge in [-0.15, -0.1) is 0 Å². The van der Waals surface area contributed by atoms with Gasteiger partial charge < -0.3 is 4.98 Å². The summed E-state index contributed by atoms with van der Waals surface area (Å²) in [6.45, 7) is 0. The van der Waals surface area contributed by atoms with E-state index in [9.17, 15) is 0 Å². The van der Waals surface area contributed by atoms with Crippen molar-refractivity contribution in [2.45, 2.75) is 0 Å². The Bertz CT molecular complexity index is 473. The van der Waals surface area contributed by atoms with E-state index in [-0.39, 0.29) is 0 Å². The van der Waals surface area contributed by atoms with E-state index in [1.807, 2.05) is 0 Å². The van der Waals surface area contributed by atoms with Crippen molar-refractivity contribution in [2.75, 3.05) is 0 Å². The molecule has 0 fully saturated rings. The largest absolute Gasteiger partial charge is 0.335 e. The maximum absolute atomic E-state index is 4.37.